The molecule has 1 amide bonds. The fraction of sp³-hybridized carbons (Fsp3) is 0.667. The van der Waals surface area contributed by atoms with Crippen molar-refractivity contribution in [3.05, 3.63) is 47.5 Å². The monoisotopic (exact) mass is 613 g/mol. The molecule has 43 heavy (non-hydrogen) atoms. The number of alkyl halides is 4. The number of hydrogen-bond acceptors (Lipinski definition) is 7. The normalized spacial score (nSPS) is 29.7. The molecule has 3 fully saturated rings. The molecule has 3 heterocycles. The smallest absolute Gasteiger partial charge is 0.406 e. The first-order chi connectivity index (χ1) is 20.5. The first-order valence-corrected chi connectivity index (χ1v) is 15.0. The van der Waals surface area contributed by atoms with Crippen molar-refractivity contribution in [2.75, 3.05) is 32.8 Å². The number of nitrogens with one attached hydrogen (secondary N) is 2. The Kier molecular flexibility index (Phi) is 11.7. The second kappa shape index (κ2) is 15.2. The van der Waals surface area contributed by atoms with Crippen molar-refractivity contribution >= 4 is 12.2 Å². The molecule has 1 unspecified atom stereocenters. The van der Waals surface area contributed by atoms with Gasteiger partial charge in [-0.2, -0.15) is 0 Å². The van der Waals surface area contributed by atoms with Gasteiger partial charge in [0.15, 0.2) is 0 Å². The number of aliphatic imine (C=N–C) groups is 1. The molecule has 0 aromatic rings. The van der Waals surface area contributed by atoms with Gasteiger partial charge < -0.3 is 35.5 Å². The van der Waals surface area contributed by atoms with E-state index in [1.54, 1.807) is 17.9 Å². The predicted octanol–water partition coefficient (Wildman–Crippen LogP) is 3.99. The Morgan fingerprint density at radius 3 is 2.67 bits per heavy atom. The summed E-state index contributed by atoms with van der Waals surface area (Å²) in [4.78, 5) is 19.3. The molecule has 240 valence electrons. The summed E-state index contributed by atoms with van der Waals surface area (Å²) >= 11 is 0. The number of allylic oxidation sites excluding steroid dienone is 3. The number of nitrogens with two attached hydrogens (primary N) is 1. The van der Waals surface area contributed by atoms with Gasteiger partial charge in [0.1, 0.15) is 17.6 Å². The van der Waals surface area contributed by atoms with E-state index in [0.717, 1.165) is 25.6 Å². The van der Waals surface area contributed by atoms with Crippen LogP contribution >= 0.6 is 0 Å². The fourth-order valence-corrected chi connectivity index (χ4v) is 5.99. The molecule has 4 aliphatic rings. The highest BCUT2D eigenvalue weighted by Crippen LogP contribution is 2.32. The van der Waals surface area contributed by atoms with Crippen molar-refractivity contribution < 1.29 is 36.6 Å². The molecule has 13 heteroatoms. The van der Waals surface area contributed by atoms with Gasteiger partial charge in [0.25, 0.3) is 5.91 Å². The average molecular weight is 614 g/mol. The zero-order chi connectivity index (χ0) is 31.0. The van der Waals surface area contributed by atoms with Crippen LogP contribution in [0.25, 0.3) is 0 Å². The maximum atomic E-state index is 14.2. The Morgan fingerprint density at radius 2 is 2.02 bits per heavy atom. The molecule has 0 spiro atoms. The van der Waals surface area contributed by atoms with E-state index in [0.29, 0.717) is 63.2 Å². The van der Waals surface area contributed by atoms with Crippen LogP contribution in [-0.4, -0.2) is 86.8 Å². The van der Waals surface area contributed by atoms with Crippen LogP contribution in [0.2, 0.25) is 0 Å². The number of nitrogens with zero attached hydrogens (tertiary/aromatic N) is 2. The van der Waals surface area contributed by atoms with Gasteiger partial charge >= 0.3 is 6.36 Å². The first-order valence-electron chi connectivity index (χ1n) is 15.0. The van der Waals surface area contributed by atoms with Crippen LogP contribution in [0.5, 0.6) is 0 Å². The van der Waals surface area contributed by atoms with Crippen molar-refractivity contribution in [1.29, 1.82) is 0 Å². The number of likely N-dealkylation sites (tertiary alicyclic amines) is 1. The maximum absolute atomic E-state index is 14.2. The summed E-state index contributed by atoms with van der Waals surface area (Å²) < 4.78 is 67.1. The van der Waals surface area contributed by atoms with Crippen molar-refractivity contribution in [2.24, 2.45) is 16.6 Å². The van der Waals surface area contributed by atoms with Gasteiger partial charge in [0.05, 0.1) is 25.2 Å². The van der Waals surface area contributed by atoms with E-state index in [1.165, 1.54) is 12.2 Å². The van der Waals surface area contributed by atoms with Crippen molar-refractivity contribution in [3.63, 3.8) is 0 Å². The lowest BCUT2D eigenvalue weighted by atomic mass is 9.88. The number of carbonyl (C=O) groups excluding carboxylic acids is 1. The van der Waals surface area contributed by atoms with Gasteiger partial charge in [-0.3, -0.25) is 4.79 Å². The molecule has 0 saturated carbocycles. The minimum absolute atomic E-state index is 0.0363. The Labute approximate surface area is 250 Å². The Bertz CT molecular complexity index is 1100. The molecule has 0 bridgehead atoms. The molecule has 4 N–H and O–H groups in total. The summed E-state index contributed by atoms with van der Waals surface area (Å²) in [6, 6.07) is -0.0941. The minimum atomic E-state index is -4.71. The van der Waals surface area contributed by atoms with E-state index in [1.807, 2.05) is 0 Å². The summed E-state index contributed by atoms with van der Waals surface area (Å²) in [7, 11) is 0. The summed E-state index contributed by atoms with van der Waals surface area (Å²) in [6.45, 7) is 8.02. The lowest BCUT2D eigenvalue weighted by molar-refractivity contribution is -0.303. The van der Waals surface area contributed by atoms with Gasteiger partial charge in [-0.1, -0.05) is 12.7 Å². The molecule has 0 aromatic heterocycles. The zero-order valence-corrected chi connectivity index (χ0v) is 24.6. The summed E-state index contributed by atoms with van der Waals surface area (Å²) in [5.41, 5.74) is 6.90. The summed E-state index contributed by atoms with van der Waals surface area (Å²) in [5, 5.41) is 6.67. The highest BCUT2D eigenvalue weighted by molar-refractivity contribution is 5.95. The summed E-state index contributed by atoms with van der Waals surface area (Å²) in [6.07, 6.45) is 4.63. The number of ether oxygens (including phenoxy) is 3. The van der Waals surface area contributed by atoms with Crippen molar-refractivity contribution in [3.8, 4) is 0 Å². The Balaban J connectivity index is 1.26. The molecule has 9 nitrogen and oxygen atoms in total. The number of halogens is 4. The summed E-state index contributed by atoms with van der Waals surface area (Å²) in [5.74, 6) is -0.478. The molecule has 3 aliphatic heterocycles. The Morgan fingerprint density at radius 1 is 1.26 bits per heavy atom. The SMILES string of the molecule is C=C(NC[C@H]1CCC[C@@H](C2C=CC(OC(F)(F)F)=CC2)O1)/C(C)=C(\N=CN)C(=O)N1CCC(N[C@@H]2CCOC[C@@H]2F)CC1. The van der Waals surface area contributed by atoms with Gasteiger partial charge in [-0.15, -0.1) is 13.2 Å². The average Bonchev–Trinajstić information content (AvgIpc) is 2.99. The van der Waals surface area contributed by atoms with E-state index >= 15 is 0 Å². The van der Waals surface area contributed by atoms with Gasteiger partial charge in [0.2, 0.25) is 0 Å². The van der Waals surface area contributed by atoms with E-state index in [9.17, 15) is 22.4 Å². The highest BCUT2D eigenvalue weighted by Gasteiger charge is 2.34. The molecular formula is C30H43F4N5O4. The molecule has 3 saturated heterocycles. The second-order valence-corrected chi connectivity index (χ2v) is 11.5. The van der Waals surface area contributed by atoms with Gasteiger partial charge in [-0.25, -0.2) is 9.38 Å². The van der Waals surface area contributed by atoms with Crippen molar-refractivity contribution in [1.82, 2.24) is 15.5 Å². The van der Waals surface area contributed by atoms with Gasteiger partial charge in [0, 0.05) is 55.5 Å². The van der Waals surface area contributed by atoms with Crippen molar-refractivity contribution in [2.45, 2.75) is 88.7 Å². The zero-order valence-electron chi connectivity index (χ0n) is 24.6. The van der Waals surface area contributed by atoms with E-state index in [2.05, 4.69) is 26.9 Å². The first kappa shape index (κ1) is 33.0. The number of piperidine rings is 1. The molecule has 0 aromatic carbocycles. The topological polar surface area (TPSA) is 110 Å². The molecule has 1 aliphatic carbocycles. The number of hydrogen-bond donors (Lipinski definition) is 3. The third-order valence-electron chi connectivity index (χ3n) is 8.47. The molecule has 0 radical (unpaired) electrons. The van der Waals surface area contributed by atoms with Crippen LogP contribution in [0.4, 0.5) is 17.6 Å². The predicted molar refractivity (Wildman–Crippen MR) is 154 cm³/mol. The standard InChI is InChI=1S/C30H43F4N5O4/c1-19(28(37-18-35)29(40)39-13-10-22(11-14-39)38-26-12-15-41-17-25(26)31)20(2)36-16-24-4-3-5-27(42-24)21-6-8-23(9-7-21)43-30(32,33)34/h6,8-9,18,21-22,24-27,36,38H,2-5,7,10-17H2,1H3,(H2,35,37)/b28-19-/t21?,24-,25+,26-,27+/m1/s1. The highest BCUT2D eigenvalue weighted by atomic mass is 19.4. The molecular weight excluding hydrogens is 570 g/mol. The van der Waals surface area contributed by atoms with Crippen LogP contribution in [0, 0.1) is 5.92 Å². The lowest BCUT2D eigenvalue weighted by Gasteiger charge is -2.36. The third-order valence-corrected chi connectivity index (χ3v) is 8.47. The van der Waals surface area contributed by atoms with E-state index < -0.39 is 12.5 Å². The molecule has 5 atom stereocenters. The van der Waals surface area contributed by atoms with Crippen LogP contribution in [-0.2, 0) is 19.0 Å². The number of carbonyl (C=O) groups is 1. The van der Waals surface area contributed by atoms with Crippen LogP contribution < -0.4 is 16.4 Å². The van der Waals surface area contributed by atoms with Crippen LogP contribution in [0.15, 0.2) is 52.5 Å². The van der Waals surface area contributed by atoms with E-state index in [-0.39, 0.29) is 54.2 Å². The van der Waals surface area contributed by atoms with Crippen LogP contribution in [0.3, 0.4) is 0 Å². The van der Waals surface area contributed by atoms with Crippen LogP contribution in [0.1, 0.15) is 51.9 Å². The lowest BCUT2D eigenvalue weighted by Crippen LogP contribution is -2.52. The quantitative estimate of drug-likeness (QED) is 0.112. The number of rotatable bonds is 10. The maximum Gasteiger partial charge on any atom is 0.573 e. The van der Waals surface area contributed by atoms with Gasteiger partial charge in [-0.05, 0) is 64.0 Å². The third kappa shape index (κ3) is 9.54. The fourth-order valence-electron chi connectivity index (χ4n) is 5.99. The van der Waals surface area contributed by atoms with E-state index in [4.69, 9.17) is 15.2 Å². The second-order valence-electron chi connectivity index (χ2n) is 11.5. The number of amides is 1. The Hall–Kier alpha value is -2.90. The molecule has 4 rings (SSSR count). The minimum Gasteiger partial charge on any atom is -0.406 e. The largest absolute Gasteiger partial charge is 0.573 e.